The van der Waals surface area contributed by atoms with E-state index in [0.29, 0.717) is 0 Å². The third kappa shape index (κ3) is 3.54. The first-order chi connectivity index (χ1) is 9.58. The van der Waals surface area contributed by atoms with E-state index in [9.17, 15) is 4.79 Å². The van der Waals surface area contributed by atoms with E-state index in [0.717, 1.165) is 37.2 Å². The highest BCUT2D eigenvalue weighted by Gasteiger charge is 2.24. The van der Waals surface area contributed by atoms with Crippen LogP contribution in [0.15, 0.2) is 29.4 Å². The van der Waals surface area contributed by atoms with Gasteiger partial charge in [0.25, 0.3) is 5.91 Å². The van der Waals surface area contributed by atoms with Crippen molar-refractivity contribution in [1.82, 2.24) is 4.90 Å². The predicted octanol–water partition coefficient (Wildman–Crippen LogP) is 1.67. The molecule has 2 rings (SSSR count). The second-order valence-corrected chi connectivity index (χ2v) is 5.24. The lowest BCUT2D eigenvalue weighted by Crippen LogP contribution is -2.40. The molecule has 1 saturated heterocycles. The van der Waals surface area contributed by atoms with Crippen molar-refractivity contribution in [3.8, 4) is 0 Å². The molecule has 0 saturated carbocycles. The summed E-state index contributed by atoms with van der Waals surface area (Å²) in [6, 6.07) is 7.69. The number of likely N-dealkylation sites (tertiary alicyclic amines) is 1. The molecule has 0 spiro atoms. The summed E-state index contributed by atoms with van der Waals surface area (Å²) >= 11 is 4.92. The van der Waals surface area contributed by atoms with E-state index in [1.807, 2.05) is 31.2 Å². The highest BCUT2D eigenvalue weighted by molar-refractivity contribution is 7.82. The third-order valence-electron chi connectivity index (χ3n) is 3.18. The molecule has 0 aromatic heterocycles. The minimum Gasteiger partial charge on any atom is -0.388 e. The Balaban J connectivity index is 2.11. The predicted molar refractivity (Wildman–Crippen MR) is 84.8 cm³/mol. The van der Waals surface area contributed by atoms with Crippen LogP contribution in [0.1, 0.15) is 18.4 Å². The van der Waals surface area contributed by atoms with Gasteiger partial charge in [0.1, 0.15) is 4.99 Å². The number of aryl methyl sites for hydroxylation is 1. The van der Waals surface area contributed by atoms with E-state index in [1.54, 1.807) is 4.90 Å². The van der Waals surface area contributed by atoms with E-state index < -0.39 is 0 Å². The normalized spacial score (nSPS) is 15.2. The van der Waals surface area contributed by atoms with E-state index in [2.05, 4.69) is 10.5 Å². The molecule has 20 heavy (non-hydrogen) atoms. The number of hydrogen-bond donors (Lipinski definition) is 2. The Kier molecular flexibility index (Phi) is 4.68. The van der Waals surface area contributed by atoms with Crippen LogP contribution in [0.3, 0.4) is 0 Å². The van der Waals surface area contributed by atoms with Gasteiger partial charge >= 0.3 is 0 Å². The van der Waals surface area contributed by atoms with E-state index in [4.69, 9.17) is 18.0 Å². The summed E-state index contributed by atoms with van der Waals surface area (Å²) in [5, 5.41) is 4.08. The summed E-state index contributed by atoms with van der Waals surface area (Å²) in [7, 11) is 0. The fourth-order valence-electron chi connectivity index (χ4n) is 2.03. The van der Waals surface area contributed by atoms with Crippen LogP contribution < -0.4 is 11.2 Å². The van der Waals surface area contributed by atoms with Crippen molar-refractivity contribution >= 4 is 34.5 Å². The van der Waals surface area contributed by atoms with Crippen LogP contribution in [-0.2, 0) is 4.79 Å². The zero-order valence-electron chi connectivity index (χ0n) is 11.4. The summed E-state index contributed by atoms with van der Waals surface area (Å²) in [4.78, 5) is 14.0. The lowest BCUT2D eigenvalue weighted by atomic mass is 10.2. The van der Waals surface area contributed by atoms with Crippen molar-refractivity contribution in [2.75, 3.05) is 18.5 Å². The number of amides is 1. The molecule has 106 valence electrons. The molecule has 6 heteroatoms. The van der Waals surface area contributed by atoms with Crippen LogP contribution in [-0.4, -0.2) is 34.6 Å². The zero-order chi connectivity index (χ0) is 14.5. The van der Waals surface area contributed by atoms with Gasteiger partial charge in [-0.05, 0) is 31.9 Å². The standard InChI is InChI=1S/C14H18N4OS/c1-10-4-6-11(7-5-10)16-17-12(13(15)20)14(19)18-8-2-3-9-18/h4-7,16H,2-3,8-9H2,1H3,(H2,15,20). The molecule has 0 aliphatic carbocycles. The van der Waals surface area contributed by atoms with Gasteiger partial charge in [-0.25, -0.2) is 0 Å². The fourth-order valence-corrected chi connectivity index (χ4v) is 2.16. The highest BCUT2D eigenvalue weighted by Crippen LogP contribution is 2.10. The van der Waals surface area contributed by atoms with Gasteiger partial charge in [-0.2, -0.15) is 5.10 Å². The Morgan fingerprint density at radius 3 is 2.45 bits per heavy atom. The first-order valence-electron chi connectivity index (χ1n) is 6.57. The third-order valence-corrected chi connectivity index (χ3v) is 3.37. The van der Waals surface area contributed by atoms with Crippen LogP contribution in [0.2, 0.25) is 0 Å². The van der Waals surface area contributed by atoms with Crippen LogP contribution in [0, 0.1) is 6.92 Å². The van der Waals surface area contributed by atoms with Gasteiger partial charge < -0.3 is 10.6 Å². The monoisotopic (exact) mass is 290 g/mol. The first kappa shape index (κ1) is 14.5. The number of nitrogens with two attached hydrogens (primary N) is 1. The average Bonchev–Trinajstić information content (AvgIpc) is 2.94. The van der Waals surface area contributed by atoms with Gasteiger partial charge in [-0.1, -0.05) is 29.9 Å². The Bertz CT molecular complexity index is 533. The van der Waals surface area contributed by atoms with Gasteiger partial charge in [-0.3, -0.25) is 10.2 Å². The molecule has 1 fully saturated rings. The molecule has 1 amide bonds. The molecule has 1 aromatic rings. The number of thiocarbonyl (C=S) groups is 1. The quantitative estimate of drug-likeness (QED) is 0.503. The maximum atomic E-state index is 12.2. The summed E-state index contributed by atoms with van der Waals surface area (Å²) in [6.07, 6.45) is 2.03. The maximum Gasteiger partial charge on any atom is 0.277 e. The number of carbonyl (C=O) groups excluding carboxylic acids is 1. The highest BCUT2D eigenvalue weighted by atomic mass is 32.1. The van der Waals surface area contributed by atoms with Gasteiger partial charge in [0.2, 0.25) is 0 Å². The molecule has 0 unspecified atom stereocenters. The number of carbonyl (C=O) groups is 1. The fraction of sp³-hybridized carbons (Fsp3) is 0.357. The van der Waals surface area contributed by atoms with E-state index >= 15 is 0 Å². The second kappa shape index (κ2) is 6.47. The minimum absolute atomic E-state index is 0.0153. The molecule has 1 aliphatic heterocycles. The molecule has 1 aromatic carbocycles. The van der Waals surface area contributed by atoms with Crippen molar-refractivity contribution in [3.63, 3.8) is 0 Å². The molecule has 5 nitrogen and oxygen atoms in total. The largest absolute Gasteiger partial charge is 0.388 e. The molecule has 3 N–H and O–H groups in total. The Labute approximate surface area is 123 Å². The summed E-state index contributed by atoms with van der Waals surface area (Å²) in [5.41, 5.74) is 10.5. The molecule has 0 radical (unpaired) electrons. The topological polar surface area (TPSA) is 70.7 Å². The Morgan fingerprint density at radius 2 is 1.90 bits per heavy atom. The average molecular weight is 290 g/mol. The molecule has 0 atom stereocenters. The van der Waals surface area contributed by atoms with Gasteiger partial charge in [0.15, 0.2) is 5.71 Å². The lowest BCUT2D eigenvalue weighted by Gasteiger charge is -2.16. The Hall–Kier alpha value is -1.95. The maximum absolute atomic E-state index is 12.2. The second-order valence-electron chi connectivity index (χ2n) is 4.80. The van der Waals surface area contributed by atoms with Crippen LogP contribution in [0.4, 0.5) is 5.69 Å². The first-order valence-corrected chi connectivity index (χ1v) is 6.98. The number of rotatable bonds is 4. The minimum atomic E-state index is -0.199. The number of anilines is 1. The van der Waals surface area contributed by atoms with Crippen LogP contribution in [0.5, 0.6) is 0 Å². The SMILES string of the molecule is Cc1ccc(NN=C(C(=O)N2CCCC2)C(N)=S)cc1. The summed E-state index contributed by atoms with van der Waals surface area (Å²) in [6.45, 7) is 3.49. The molecule has 0 bridgehead atoms. The summed E-state index contributed by atoms with van der Waals surface area (Å²) < 4.78 is 0. The lowest BCUT2D eigenvalue weighted by molar-refractivity contribution is -0.122. The smallest absolute Gasteiger partial charge is 0.277 e. The van der Waals surface area contributed by atoms with Crippen LogP contribution >= 0.6 is 12.2 Å². The number of hydrazone groups is 1. The van der Waals surface area contributed by atoms with E-state index in [-0.39, 0.29) is 16.6 Å². The van der Waals surface area contributed by atoms with Crippen molar-refractivity contribution in [2.24, 2.45) is 10.8 Å². The van der Waals surface area contributed by atoms with Crippen molar-refractivity contribution in [3.05, 3.63) is 29.8 Å². The zero-order valence-corrected chi connectivity index (χ0v) is 12.2. The number of hydrogen-bond acceptors (Lipinski definition) is 4. The van der Waals surface area contributed by atoms with Gasteiger partial charge in [-0.15, -0.1) is 0 Å². The van der Waals surface area contributed by atoms with Gasteiger partial charge in [0.05, 0.1) is 5.69 Å². The molecular weight excluding hydrogens is 272 g/mol. The van der Waals surface area contributed by atoms with Crippen molar-refractivity contribution in [2.45, 2.75) is 19.8 Å². The Morgan fingerprint density at radius 1 is 1.30 bits per heavy atom. The molecular formula is C14H18N4OS. The molecule has 1 heterocycles. The van der Waals surface area contributed by atoms with Crippen molar-refractivity contribution in [1.29, 1.82) is 0 Å². The van der Waals surface area contributed by atoms with Crippen molar-refractivity contribution < 1.29 is 4.79 Å². The number of benzene rings is 1. The van der Waals surface area contributed by atoms with Gasteiger partial charge in [0, 0.05) is 13.1 Å². The number of nitrogens with one attached hydrogen (secondary N) is 1. The van der Waals surface area contributed by atoms with Crippen LogP contribution in [0.25, 0.3) is 0 Å². The summed E-state index contributed by atoms with van der Waals surface area (Å²) in [5.74, 6) is -0.199. The molecule has 1 aliphatic rings. The van der Waals surface area contributed by atoms with E-state index in [1.165, 1.54) is 0 Å². The number of nitrogens with zero attached hydrogens (tertiary/aromatic N) is 2.